The molecule has 4 aliphatic rings. The van der Waals surface area contributed by atoms with Crippen LogP contribution in [0.15, 0.2) is 24.3 Å². The van der Waals surface area contributed by atoms with Crippen LogP contribution >= 0.6 is 0 Å². The van der Waals surface area contributed by atoms with E-state index < -0.39 is 5.97 Å². The van der Waals surface area contributed by atoms with E-state index in [0.29, 0.717) is 23.7 Å². The molecule has 4 aliphatic carbocycles. The van der Waals surface area contributed by atoms with Gasteiger partial charge < -0.3 is 5.11 Å². The van der Waals surface area contributed by atoms with E-state index in [0.717, 1.165) is 30.1 Å². The van der Waals surface area contributed by atoms with Crippen molar-refractivity contribution in [2.45, 2.75) is 72.1 Å². The van der Waals surface area contributed by atoms with Crippen molar-refractivity contribution < 1.29 is 9.90 Å². The third-order valence-electron chi connectivity index (χ3n) is 9.17. The summed E-state index contributed by atoms with van der Waals surface area (Å²) in [6, 6.07) is 0. The van der Waals surface area contributed by atoms with Gasteiger partial charge in [0.1, 0.15) is 0 Å². The maximum absolute atomic E-state index is 11.0. The number of carboxylic acid groups (broad SMARTS) is 1. The smallest absolute Gasteiger partial charge is 0.303 e. The van der Waals surface area contributed by atoms with Crippen LogP contribution in [-0.2, 0) is 4.79 Å². The monoisotopic (exact) mass is 356 g/mol. The zero-order valence-electron chi connectivity index (χ0n) is 16.8. The van der Waals surface area contributed by atoms with Crippen molar-refractivity contribution in [1.82, 2.24) is 0 Å². The Morgan fingerprint density at radius 3 is 2.77 bits per heavy atom. The summed E-state index contributed by atoms with van der Waals surface area (Å²) in [5, 5.41) is 9.08. The van der Waals surface area contributed by atoms with Gasteiger partial charge in [-0.2, -0.15) is 0 Å². The van der Waals surface area contributed by atoms with Crippen molar-refractivity contribution in [1.29, 1.82) is 0 Å². The number of carbonyl (C=O) groups is 1. The Bertz CT molecular complexity index is 620. The molecule has 0 amide bonds. The van der Waals surface area contributed by atoms with E-state index in [4.69, 9.17) is 5.11 Å². The molecule has 0 spiro atoms. The highest BCUT2D eigenvalue weighted by Crippen LogP contribution is 2.65. The SMILES string of the molecule is C[C@H](CCC(=O)O)[C@H]1CC[C@H]2[C@@H]3CC[C@@H]4C=CCC[C@]4(C)[C@H]3C=C[C@]12C. The highest BCUT2D eigenvalue weighted by Gasteiger charge is 2.57. The minimum atomic E-state index is -0.646. The number of hydrogen-bond donors (Lipinski definition) is 1. The van der Waals surface area contributed by atoms with Crippen LogP contribution in [0.1, 0.15) is 72.1 Å². The molecule has 2 heteroatoms. The fourth-order valence-electron chi connectivity index (χ4n) is 7.69. The zero-order chi connectivity index (χ0) is 18.5. The maximum atomic E-state index is 11.0. The summed E-state index contributed by atoms with van der Waals surface area (Å²) in [5.41, 5.74) is 0.745. The average Bonchev–Trinajstić information content (AvgIpc) is 2.96. The average molecular weight is 357 g/mol. The Morgan fingerprint density at radius 2 is 2.00 bits per heavy atom. The predicted octanol–water partition coefficient (Wildman–Crippen LogP) is 6.09. The lowest BCUT2D eigenvalue weighted by Crippen LogP contribution is -2.50. The van der Waals surface area contributed by atoms with Crippen molar-refractivity contribution in [3.05, 3.63) is 24.3 Å². The molecular formula is C24H36O2. The topological polar surface area (TPSA) is 37.3 Å². The Morgan fingerprint density at radius 1 is 1.19 bits per heavy atom. The first-order valence-corrected chi connectivity index (χ1v) is 10.9. The van der Waals surface area contributed by atoms with Gasteiger partial charge in [0.2, 0.25) is 0 Å². The fraction of sp³-hybridized carbons (Fsp3) is 0.792. The van der Waals surface area contributed by atoms with E-state index >= 15 is 0 Å². The molecule has 1 N–H and O–H groups in total. The Hall–Kier alpha value is -1.05. The van der Waals surface area contributed by atoms with Crippen LogP contribution in [0.2, 0.25) is 0 Å². The summed E-state index contributed by atoms with van der Waals surface area (Å²) in [5.74, 6) is 3.68. The van der Waals surface area contributed by atoms with E-state index in [1.165, 1.54) is 38.5 Å². The number of rotatable bonds is 4. The maximum Gasteiger partial charge on any atom is 0.303 e. The number of carboxylic acids is 1. The first kappa shape index (κ1) is 18.3. The largest absolute Gasteiger partial charge is 0.481 e. The summed E-state index contributed by atoms with van der Waals surface area (Å²) >= 11 is 0. The lowest BCUT2D eigenvalue weighted by molar-refractivity contribution is -0.137. The molecule has 0 unspecified atom stereocenters. The summed E-state index contributed by atoms with van der Waals surface area (Å²) in [6.45, 7) is 7.35. The molecule has 4 rings (SSSR count). The normalized spacial score (nSPS) is 47.7. The predicted molar refractivity (Wildman–Crippen MR) is 106 cm³/mol. The summed E-state index contributed by atoms with van der Waals surface area (Å²) in [7, 11) is 0. The van der Waals surface area contributed by atoms with Crippen molar-refractivity contribution >= 4 is 5.97 Å². The van der Waals surface area contributed by atoms with Gasteiger partial charge in [-0.1, -0.05) is 45.1 Å². The minimum Gasteiger partial charge on any atom is -0.481 e. The van der Waals surface area contributed by atoms with Crippen molar-refractivity contribution in [2.24, 2.45) is 46.3 Å². The van der Waals surface area contributed by atoms with Crippen molar-refractivity contribution in [3.63, 3.8) is 0 Å². The molecule has 26 heavy (non-hydrogen) atoms. The molecule has 0 heterocycles. The van der Waals surface area contributed by atoms with E-state index in [-0.39, 0.29) is 5.41 Å². The van der Waals surface area contributed by atoms with Gasteiger partial charge in [-0.25, -0.2) is 0 Å². The fourth-order valence-corrected chi connectivity index (χ4v) is 7.69. The molecule has 2 fully saturated rings. The Kier molecular flexibility index (Phi) is 4.60. The van der Waals surface area contributed by atoms with Crippen LogP contribution in [-0.4, -0.2) is 11.1 Å². The quantitative estimate of drug-likeness (QED) is 0.619. The molecule has 0 bridgehead atoms. The second kappa shape index (κ2) is 6.53. The number of hydrogen-bond acceptors (Lipinski definition) is 1. The zero-order valence-corrected chi connectivity index (χ0v) is 16.8. The van der Waals surface area contributed by atoms with E-state index in [9.17, 15) is 4.79 Å². The first-order chi connectivity index (χ1) is 12.4. The molecule has 2 saturated carbocycles. The highest BCUT2D eigenvalue weighted by molar-refractivity contribution is 5.66. The van der Waals surface area contributed by atoms with Crippen LogP contribution in [0.5, 0.6) is 0 Å². The third kappa shape index (κ3) is 2.70. The van der Waals surface area contributed by atoms with Crippen LogP contribution in [0, 0.1) is 46.3 Å². The minimum absolute atomic E-state index is 0.285. The third-order valence-corrected chi connectivity index (χ3v) is 9.17. The molecule has 0 aromatic carbocycles. The Balaban J connectivity index is 1.58. The summed E-state index contributed by atoms with van der Waals surface area (Å²) in [6.07, 6.45) is 19.3. The van der Waals surface area contributed by atoms with Crippen LogP contribution in [0.4, 0.5) is 0 Å². The van der Waals surface area contributed by atoms with E-state index in [2.05, 4.69) is 45.1 Å². The lowest BCUT2D eigenvalue weighted by atomic mass is 9.47. The Labute approximate surface area is 159 Å². The van der Waals surface area contributed by atoms with Gasteiger partial charge in [-0.3, -0.25) is 4.79 Å². The molecule has 0 aromatic rings. The van der Waals surface area contributed by atoms with Crippen LogP contribution in [0.25, 0.3) is 0 Å². The highest BCUT2D eigenvalue weighted by atomic mass is 16.4. The van der Waals surface area contributed by atoms with Gasteiger partial charge in [0.25, 0.3) is 0 Å². The molecule has 8 atom stereocenters. The standard InChI is InChI=1S/C24H36O2/c1-16(7-12-22(25)26)19-10-11-20-18-9-8-17-6-4-5-14-23(17,2)21(18)13-15-24(19,20)3/h4,6,13,15-21H,5,7-12,14H2,1-3H3,(H,25,26)/t16-,17+,18+,19-,20+,21+,23+,24-/m1/s1. The second-order valence-electron chi connectivity index (χ2n) is 10.3. The molecular weight excluding hydrogens is 320 g/mol. The molecule has 144 valence electrons. The van der Waals surface area contributed by atoms with E-state index in [1.54, 1.807) is 0 Å². The van der Waals surface area contributed by atoms with Gasteiger partial charge in [0, 0.05) is 6.42 Å². The van der Waals surface area contributed by atoms with Gasteiger partial charge in [0.15, 0.2) is 0 Å². The first-order valence-electron chi connectivity index (χ1n) is 10.9. The number of allylic oxidation sites excluding steroid dienone is 4. The molecule has 0 saturated heterocycles. The van der Waals surface area contributed by atoms with Gasteiger partial charge in [-0.05, 0) is 91.3 Å². The molecule has 0 radical (unpaired) electrons. The lowest BCUT2D eigenvalue weighted by Gasteiger charge is -2.57. The second-order valence-corrected chi connectivity index (χ2v) is 10.3. The number of fused-ring (bicyclic) bond motifs is 5. The van der Waals surface area contributed by atoms with Crippen molar-refractivity contribution in [2.75, 3.05) is 0 Å². The summed E-state index contributed by atoms with van der Waals surface area (Å²) < 4.78 is 0. The number of aliphatic carboxylic acids is 1. The van der Waals surface area contributed by atoms with E-state index in [1.807, 2.05) is 0 Å². The molecule has 0 aliphatic heterocycles. The van der Waals surface area contributed by atoms with Crippen LogP contribution in [0.3, 0.4) is 0 Å². The molecule has 2 nitrogen and oxygen atoms in total. The van der Waals surface area contributed by atoms with Crippen LogP contribution < -0.4 is 0 Å². The van der Waals surface area contributed by atoms with Gasteiger partial charge in [0.05, 0.1) is 0 Å². The van der Waals surface area contributed by atoms with Crippen molar-refractivity contribution in [3.8, 4) is 0 Å². The van der Waals surface area contributed by atoms with Gasteiger partial charge in [-0.15, -0.1) is 0 Å². The molecule has 0 aromatic heterocycles. The summed E-state index contributed by atoms with van der Waals surface area (Å²) in [4.78, 5) is 11.0. The van der Waals surface area contributed by atoms with Gasteiger partial charge >= 0.3 is 5.97 Å².